The summed E-state index contributed by atoms with van der Waals surface area (Å²) in [6.07, 6.45) is -2.43. The molecular formula is C28H31F6NO2S. The van der Waals surface area contributed by atoms with Crippen molar-refractivity contribution in [2.24, 2.45) is 40.4 Å². The minimum Gasteiger partial charge on any atom is -0.325 e. The van der Waals surface area contributed by atoms with Crippen molar-refractivity contribution < 1.29 is 35.9 Å². The van der Waals surface area contributed by atoms with E-state index < -0.39 is 41.0 Å². The van der Waals surface area contributed by atoms with Crippen LogP contribution in [0.5, 0.6) is 0 Å². The number of hydrogen-bond donors (Lipinski definition) is 1. The Balaban J connectivity index is 1.39. The normalized spacial score (nSPS) is 38.8. The van der Waals surface area contributed by atoms with Gasteiger partial charge in [0.25, 0.3) is 0 Å². The van der Waals surface area contributed by atoms with Crippen molar-refractivity contribution in [2.75, 3.05) is 5.32 Å². The van der Waals surface area contributed by atoms with Crippen molar-refractivity contribution in [1.29, 1.82) is 0 Å². The van der Waals surface area contributed by atoms with Crippen molar-refractivity contribution >= 4 is 28.5 Å². The highest BCUT2D eigenvalue weighted by Gasteiger charge is 2.61. The van der Waals surface area contributed by atoms with Gasteiger partial charge in [0, 0.05) is 16.6 Å². The number of alkyl halides is 6. The highest BCUT2D eigenvalue weighted by atomic mass is 32.2. The number of amides is 1. The maximum Gasteiger partial charge on any atom is 0.418 e. The summed E-state index contributed by atoms with van der Waals surface area (Å²) in [5.74, 6) is 0.109. The quantitative estimate of drug-likeness (QED) is 0.374. The molecule has 1 N–H and O–H groups in total. The van der Waals surface area contributed by atoms with Crippen LogP contribution in [0.15, 0.2) is 30.4 Å². The summed E-state index contributed by atoms with van der Waals surface area (Å²) in [7, 11) is 0. The summed E-state index contributed by atoms with van der Waals surface area (Å²) in [6, 6.07) is 1.31. The first-order valence-electron chi connectivity index (χ1n) is 13.0. The lowest BCUT2D eigenvalue weighted by Crippen LogP contribution is -2.55. The molecule has 1 aliphatic heterocycles. The summed E-state index contributed by atoms with van der Waals surface area (Å²) in [5.41, 5.74) is -3.83. The third-order valence-corrected chi connectivity index (χ3v) is 11.3. The minimum absolute atomic E-state index is 0.0528. The standard InChI is InChI=1S/C28H31F6NO2S/c1-14-10-21-26(3,9-7-22(36)38-21)17-6-8-25(2)13-15(11-19(25)23(14)17)24(37)35-20-5-4-16(27(29,30)31)12-18(20)28(32,33)34/h4-5,7,9,12,14-15,17,19,21,23H,6,8,10-11,13H2,1-3H3,(H,35,37)/t14?,15?,17-,19+,21?,23-,25-,26-/m1/s1. The molecule has 0 bridgehead atoms. The highest BCUT2D eigenvalue weighted by Crippen LogP contribution is 2.67. The first-order valence-corrected chi connectivity index (χ1v) is 13.9. The van der Waals surface area contributed by atoms with Crippen LogP contribution in [-0.2, 0) is 21.9 Å². The fourth-order valence-corrected chi connectivity index (χ4v) is 9.43. The first-order chi connectivity index (χ1) is 17.5. The van der Waals surface area contributed by atoms with Gasteiger partial charge in [-0.2, -0.15) is 26.3 Å². The number of halogens is 6. The average Bonchev–Trinajstić information content (AvgIpc) is 3.17. The van der Waals surface area contributed by atoms with Gasteiger partial charge in [0.05, 0.1) is 16.8 Å². The molecule has 0 aromatic heterocycles. The molecule has 4 aliphatic rings. The second-order valence-corrected chi connectivity index (χ2v) is 13.4. The van der Waals surface area contributed by atoms with Gasteiger partial charge in [-0.05, 0) is 85.5 Å². The van der Waals surface area contributed by atoms with Crippen molar-refractivity contribution in [3.63, 3.8) is 0 Å². The molecule has 1 amide bonds. The van der Waals surface area contributed by atoms with Crippen molar-refractivity contribution in [3.8, 4) is 0 Å². The molecule has 3 fully saturated rings. The van der Waals surface area contributed by atoms with Crippen LogP contribution in [0.4, 0.5) is 32.0 Å². The monoisotopic (exact) mass is 559 g/mol. The Labute approximate surface area is 222 Å². The van der Waals surface area contributed by atoms with E-state index in [1.54, 1.807) is 6.08 Å². The molecule has 0 saturated heterocycles. The van der Waals surface area contributed by atoms with Gasteiger partial charge < -0.3 is 5.32 Å². The van der Waals surface area contributed by atoms with E-state index in [2.05, 4.69) is 32.2 Å². The fourth-order valence-electron chi connectivity index (χ4n) is 8.09. The molecule has 5 rings (SSSR count). The number of allylic oxidation sites excluding steroid dienone is 1. The van der Waals surface area contributed by atoms with Crippen molar-refractivity contribution in [1.82, 2.24) is 0 Å². The van der Waals surface area contributed by atoms with Gasteiger partial charge in [-0.15, -0.1) is 0 Å². The van der Waals surface area contributed by atoms with Crippen LogP contribution in [-0.4, -0.2) is 16.3 Å². The molecule has 38 heavy (non-hydrogen) atoms. The Morgan fingerprint density at radius 1 is 1.05 bits per heavy atom. The summed E-state index contributed by atoms with van der Waals surface area (Å²) in [6.45, 7) is 6.59. The van der Waals surface area contributed by atoms with Gasteiger partial charge in [0.15, 0.2) is 0 Å². The second-order valence-electron chi connectivity index (χ2n) is 12.2. The van der Waals surface area contributed by atoms with Crippen LogP contribution in [0.25, 0.3) is 0 Å². The zero-order valence-electron chi connectivity index (χ0n) is 21.4. The van der Waals surface area contributed by atoms with Crippen LogP contribution in [0, 0.1) is 40.4 Å². The van der Waals surface area contributed by atoms with E-state index >= 15 is 0 Å². The molecule has 3 nitrogen and oxygen atoms in total. The van der Waals surface area contributed by atoms with E-state index in [0.717, 1.165) is 19.3 Å². The number of rotatable bonds is 2. The smallest absolute Gasteiger partial charge is 0.325 e. The molecule has 8 atom stereocenters. The Kier molecular flexibility index (Phi) is 6.56. The summed E-state index contributed by atoms with van der Waals surface area (Å²) >= 11 is 1.41. The Morgan fingerprint density at radius 3 is 2.42 bits per heavy atom. The number of carbonyl (C=O) groups is 2. The van der Waals surface area contributed by atoms with Crippen LogP contribution in [0.3, 0.4) is 0 Å². The number of thioether (sulfide) groups is 1. The molecule has 3 unspecified atom stereocenters. The van der Waals surface area contributed by atoms with Crippen LogP contribution in [0.2, 0.25) is 0 Å². The largest absolute Gasteiger partial charge is 0.418 e. The molecule has 1 heterocycles. The first kappa shape index (κ1) is 27.6. The zero-order chi connectivity index (χ0) is 27.8. The number of carbonyl (C=O) groups excluding carboxylic acids is 2. The predicted molar refractivity (Wildman–Crippen MR) is 133 cm³/mol. The van der Waals surface area contributed by atoms with Gasteiger partial charge in [-0.3, -0.25) is 9.59 Å². The lowest BCUT2D eigenvalue weighted by Gasteiger charge is -2.60. The minimum atomic E-state index is -5.05. The molecule has 3 aliphatic carbocycles. The number of hydrogen-bond acceptors (Lipinski definition) is 3. The lowest BCUT2D eigenvalue weighted by molar-refractivity contribution is -0.142. The third kappa shape index (κ3) is 4.58. The molecule has 3 saturated carbocycles. The molecule has 1 aromatic rings. The van der Waals surface area contributed by atoms with Gasteiger partial charge in [-0.1, -0.05) is 38.6 Å². The molecule has 1 aromatic carbocycles. The SMILES string of the molecule is CC1CC2SC(=O)C=C[C@]2(C)[C@@H]2CC[C@]3(C)CC(C(=O)Nc4ccc(C(F)(F)F)cc4C(F)(F)F)C[C@H]3[C@H]12. The van der Waals surface area contributed by atoms with E-state index in [9.17, 15) is 35.9 Å². The maximum atomic E-state index is 13.6. The van der Waals surface area contributed by atoms with E-state index in [0.29, 0.717) is 42.7 Å². The Bertz CT molecular complexity index is 1180. The maximum absolute atomic E-state index is 13.6. The number of fused-ring (bicyclic) bond motifs is 5. The molecule has 0 radical (unpaired) electrons. The van der Waals surface area contributed by atoms with Crippen molar-refractivity contribution in [2.45, 2.75) is 70.5 Å². The van der Waals surface area contributed by atoms with E-state index in [-0.39, 0.29) is 33.2 Å². The molecule has 10 heteroatoms. The highest BCUT2D eigenvalue weighted by molar-refractivity contribution is 8.14. The summed E-state index contributed by atoms with van der Waals surface area (Å²) in [5, 5.41) is 2.62. The topological polar surface area (TPSA) is 46.2 Å². The van der Waals surface area contributed by atoms with Crippen LogP contribution < -0.4 is 5.32 Å². The summed E-state index contributed by atoms with van der Waals surface area (Å²) in [4.78, 5) is 25.4. The third-order valence-electron chi connectivity index (χ3n) is 9.96. The zero-order valence-corrected chi connectivity index (χ0v) is 22.2. The van der Waals surface area contributed by atoms with Crippen LogP contribution in [0.1, 0.15) is 64.0 Å². The summed E-state index contributed by atoms with van der Waals surface area (Å²) < 4.78 is 80.0. The average molecular weight is 560 g/mol. The van der Waals surface area contributed by atoms with E-state index in [1.165, 1.54) is 11.8 Å². The molecule has 0 spiro atoms. The van der Waals surface area contributed by atoms with Gasteiger partial charge >= 0.3 is 12.4 Å². The van der Waals surface area contributed by atoms with Gasteiger partial charge in [0.1, 0.15) is 0 Å². The van der Waals surface area contributed by atoms with Gasteiger partial charge in [-0.25, -0.2) is 0 Å². The Hall–Kier alpha value is -1.97. The predicted octanol–water partition coefficient (Wildman–Crippen LogP) is 7.97. The van der Waals surface area contributed by atoms with Crippen LogP contribution >= 0.6 is 11.8 Å². The number of nitrogens with one attached hydrogen (secondary N) is 1. The fraction of sp³-hybridized carbons (Fsp3) is 0.643. The Morgan fingerprint density at radius 2 is 1.76 bits per heavy atom. The van der Waals surface area contributed by atoms with Gasteiger partial charge in [0.2, 0.25) is 11.0 Å². The van der Waals surface area contributed by atoms with E-state index in [4.69, 9.17) is 0 Å². The van der Waals surface area contributed by atoms with Crippen molar-refractivity contribution in [3.05, 3.63) is 41.5 Å². The lowest BCUT2D eigenvalue weighted by atomic mass is 9.48. The molecule has 208 valence electrons. The number of anilines is 1. The second kappa shape index (κ2) is 9.03. The number of benzene rings is 1. The van der Waals surface area contributed by atoms with E-state index in [1.807, 2.05) is 0 Å². The molecular weight excluding hydrogens is 528 g/mol.